The minimum absolute atomic E-state index is 0.0868. The molecular formula is C12H15NO5. The van der Waals surface area contributed by atoms with E-state index in [1.54, 1.807) is 24.3 Å². The molecular weight excluding hydrogens is 238 g/mol. The highest BCUT2D eigenvalue weighted by Gasteiger charge is 2.06. The van der Waals surface area contributed by atoms with E-state index >= 15 is 0 Å². The lowest BCUT2D eigenvalue weighted by molar-refractivity contribution is -0.137. The van der Waals surface area contributed by atoms with E-state index in [-0.39, 0.29) is 25.5 Å². The number of para-hydroxylation sites is 2. The van der Waals surface area contributed by atoms with E-state index in [2.05, 4.69) is 5.32 Å². The summed E-state index contributed by atoms with van der Waals surface area (Å²) in [5.74, 6) is -0.327. The number of hydrogen-bond acceptors (Lipinski definition) is 4. The van der Waals surface area contributed by atoms with Gasteiger partial charge in [-0.1, -0.05) is 12.1 Å². The Morgan fingerprint density at radius 1 is 1.28 bits per heavy atom. The van der Waals surface area contributed by atoms with E-state index in [1.165, 1.54) is 7.11 Å². The molecule has 1 aromatic carbocycles. The van der Waals surface area contributed by atoms with Crippen LogP contribution in [0.25, 0.3) is 0 Å². The number of carbonyl (C=O) groups excluding carboxylic acids is 1. The Labute approximate surface area is 105 Å². The molecule has 0 radical (unpaired) electrons. The van der Waals surface area contributed by atoms with Gasteiger partial charge < -0.3 is 19.9 Å². The van der Waals surface area contributed by atoms with Crippen molar-refractivity contribution in [1.29, 1.82) is 0 Å². The zero-order valence-electron chi connectivity index (χ0n) is 10.0. The van der Waals surface area contributed by atoms with Gasteiger partial charge in [0.25, 0.3) is 5.91 Å². The second kappa shape index (κ2) is 7.16. The molecule has 1 aromatic rings. The average Bonchev–Trinajstić information content (AvgIpc) is 2.36. The number of carboxylic acids is 1. The van der Waals surface area contributed by atoms with E-state index in [9.17, 15) is 9.59 Å². The summed E-state index contributed by atoms with van der Waals surface area (Å²) in [6.07, 6.45) is -0.111. The van der Waals surface area contributed by atoms with Crippen LogP contribution >= 0.6 is 0 Å². The Kier molecular flexibility index (Phi) is 5.50. The number of carbonyl (C=O) groups is 2. The molecule has 6 nitrogen and oxygen atoms in total. The monoisotopic (exact) mass is 253 g/mol. The number of nitrogens with one attached hydrogen (secondary N) is 1. The molecule has 1 amide bonds. The molecule has 0 aromatic heterocycles. The van der Waals surface area contributed by atoms with Gasteiger partial charge in [0, 0.05) is 6.54 Å². The summed E-state index contributed by atoms with van der Waals surface area (Å²) in [5.41, 5.74) is 0. The van der Waals surface area contributed by atoms with Gasteiger partial charge in [0.15, 0.2) is 18.1 Å². The number of methoxy groups -OCH3 is 1. The third kappa shape index (κ3) is 4.73. The van der Waals surface area contributed by atoms with Crippen LogP contribution in [0.2, 0.25) is 0 Å². The van der Waals surface area contributed by atoms with Crippen LogP contribution in [-0.2, 0) is 9.59 Å². The predicted molar refractivity (Wildman–Crippen MR) is 63.8 cm³/mol. The van der Waals surface area contributed by atoms with Crippen LogP contribution in [0.3, 0.4) is 0 Å². The Balaban J connectivity index is 2.35. The van der Waals surface area contributed by atoms with Gasteiger partial charge in [0.2, 0.25) is 0 Å². The van der Waals surface area contributed by atoms with Gasteiger partial charge in [-0.25, -0.2) is 0 Å². The molecule has 0 aliphatic carbocycles. The van der Waals surface area contributed by atoms with Crippen LogP contribution in [0.5, 0.6) is 11.5 Å². The van der Waals surface area contributed by atoms with Crippen molar-refractivity contribution in [2.24, 2.45) is 0 Å². The molecule has 6 heteroatoms. The van der Waals surface area contributed by atoms with Crippen molar-refractivity contribution in [3.05, 3.63) is 24.3 Å². The first-order valence-corrected chi connectivity index (χ1v) is 5.38. The summed E-state index contributed by atoms with van der Waals surface area (Å²) < 4.78 is 10.3. The van der Waals surface area contributed by atoms with Crippen LogP contribution in [0.15, 0.2) is 24.3 Å². The summed E-state index contributed by atoms with van der Waals surface area (Å²) in [5, 5.41) is 10.8. The number of hydrogen-bond donors (Lipinski definition) is 2. The molecule has 0 aliphatic heterocycles. The zero-order chi connectivity index (χ0) is 13.4. The lowest BCUT2D eigenvalue weighted by Gasteiger charge is -2.10. The summed E-state index contributed by atoms with van der Waals surface area (Å²) >= 11 is 0. The molecule has 0 saturated carbocycles. The van der Waals surface area contributed by atoms with E-state index in [0.29, 0.717) is 11.5 Å². The van der Waals surface area contributed by atoms with E-state index < -0.39 is 5.97 Å². The molecule has 0 saturated heterocycles. The Morgan fingerprint density at radius 3 is 2.56 bits per heavy atom. The first kappa shape index (κ1) is 13.8. The summed E-state index contributed by atoms with van der Waals surface area (Å²) in [7, 11) is 1.51. The van der Waals surface area contributed by atoms with Crippen molar-refractivity contribution in [1.82, 2.24) is 5.32 Å². The molecule has 0 unspecified atom stereocenters. The molecule has 18 heavy (non-hydrogen) atoms. The third-order valence-corrected chi connectivity index (χ3v) is 2.09. The van der Waals surface area contributed by atoms with E-state index in [0.717, 1.165) is 0 Å². The topological polar surface area (TPSA) is 84.9 Å². The average molecular weight is 253 g/mol. The highest BCUT2D eigenvalue weighted by molar-refractivity contribution is 5.78. The van der Waals surface area contributed by atoms with Gasteiger partial charge in [-0.2, -0.15) is 0 Å². The van der Waals surface area contributed by atoms with Gasteiger partial charge in [-0.15, -0.1) is 0 Å². The second-order valence-electron chi connectivity index (χ2n) is 3.43. The Hall–Kier alpha value is -2.24. The molecule has 0 heterocycles. The molecule has 0 spiro atoms. The molecule has 0 bridgehead atoms. The molecule has 0 fully saturated rings. The van der Waals surface area contributed by atoms with Crippen LogP contribution < -0.4 is 14.8 Å². The number of rotatable bonds is 7. The maximum absolute atomic E-state index is 11.3. The second-order valence-corrected chi connectivity index (χ2v) is 3.43. The maximum atomic E-state index is 11.3. The van der Waals surface area contributed by atoms with Crippen LogP contribution in [0.1, 0.15) is 6.42 Å². The Morgan fingerprint density at radius 2 is 1.94 bits per heavy atom. The minimum Gasteiger partial charge on any atom is -0.493 e. The first-order valence-electron chi connectivity index (χ1n) is 5.38. The fourth-order valence-electron chi connectivity index (χ4n) is 1.24. The van der Waals surface area contributed by atoms with Gasteiger partial charge in [0.05, 0.1) is 13.5 Å². The van der Waals surface area contributed by atoms with Crippen molar-refractivity contribution >= 4 is 11.9 Å². The highest BCUT2D eigenvalue weighted by atomic mass is 16.5. The van der Waals surface area contributed by atoms with Gasteiger partial charge in [0.1, 0.15) is 0 Å². The number of carboxylic acid groups (broad SMARTS) is 1. The number of aliphatic carboxylic acids is 1. The zero-order valence-corrected chi connectivity index (χ0v) is 10.0. The van der Waals surface area contributed by atoms with Crippen molar-refractivity contribution in [3.63, 3.8) is 0 Å². The summed E-state index contributed by atoms with van der Waals surface area (Å²) in [6.45, 7) is -0.0938. The third-order valence-electron chi connectivity index (χ3n) is 2.09. The van der Waals surface area contributed by atoms with Crippen LogP contribution in [0, 0.1) is 0 Å². The normalized spacial score (nSPS) is 9.61. The van der Waals surface area contributed by atoms with Gasteiger partial charge in [-0.3, -0.25) is 9.59 Å². The van der Waals surface area contributed by atoms with Crippen LogP contribution in [0.4, 0.5) is 0 Å². The van der Waals surface area contributed by atoms with Crippen molar-refractivity contribution in [2.45, 2.75) is 6.42 Å². The fraction of sp³-hybridized carbons (Fsp3) is 0.333. The smallest absolute Gasteiger partial charge is 0.305 e. The number of amides is 1. The standard InChI is InChI=1S/C12H15NO5/c1-17-9-4-2-3-5-10(9)18-8-11(14)13-7-6-12(15)16/h2-5H,6-8H2,1H3,(H,13,14)(H,15,16). The van der Waals surface area contributed by atoms with Crippen molar-refractivity contribution < 1.29 is 24.2 Å². The minimum atomic E-state index is -0.957. The predicted octanol–water partition coefficient (Wildman–Crippen LogP) is 0.665. The summed E-state index contributed by atoms with van der Waals surface area (Å²) in [4.78, 5) is 21.6. The Bertz CT molecular complexity index is 419. The lowest BCUT2D eigenvalue weighted by Crippen LogP contribution is -2.30. The molecule has 2 N–H and O–H groups in total. The fourth-order valence-corrected chi connectivity index (χ4v) is 1.24. The quantitative estimate of drug-likeness (QED) is 0.745. The lowest BCUT2D eigenvalue weighted by atomic mass is 10.3. The molecule has 0 atom stereocenters. The number of benzene rings is 1. The molecule has 1 rings (SSSR count). The van der Waals surface area contributed by atoms with Crippen molar-refractivity contribution in [3.8, 4) is 11.5 Å². The summed E-state index contributed by atoms with van der Waals surface area (Å²) in [6, 6.07) is 6.96. The molecule has 0 aliphatic rings. The number of ether oxygens (including phenoxy) is 2. The van der Waals surface area contributed by atoms with Crippen molar-refractivity contribution in [2.75, 3.05) is 20.3 Å². The SMILES string of the molecule is COc1ccccc1OCC(=O)NCCC(=O)O. The first-order chi connectivity index (χ1) is 8.63. The van der Waals surface area contributed by atoms with E-state index in [1.807, 2.05) is 0 Å². The van der Waals surface area contributed by atoms with E-state index in [4.69, 9.17) is 14.6 Å². The van der Waals surface area contributed by atoms with Crippen LogP contribution in [-0.4, -0.2) is 37.2 Å². The maximum Gasteiger partial charge on any atom is 0.305 e. The largest absolute Gasteiger partial charge is 0.493 e. The van der Waals surface area contributed by atoms with Gasteiger partial charge >= 0.3 is 5.97 Å². The van der Waals surface area contributed by atoms with Gasteiger partial charge in [-0.05, 0) is 12.1 Å². The molecule has 98 valence electrons. The highest BCUT2D eigenvalue weighted by Crippen LogP contribution is 2.25.